The Kier molecular flexibility index (Phi) is 3.12. The number of furan rings is 1. The van der Waals surface area contributed by atoms with Crippen LogP contribution in [0.3, 0.4) is 0 Å². The van der Waals surface area contributed by atoms with E-state index in [0.29, 0.717) is 28.2 Å². The van der Waals surface area contributed by atoms with E-state index in [9.17, 15) is 0 Å². The molecule has 1 aliphatic heterocycles. The quantitative estimate of drug-likeness (QED) is 0.776. The molecule has 1 aromatic carbocycles. The summed E-state index contributed by atoms with van der Waals surface area (Å²) in [7, 11) is 0. The Labute approximate surface area is 129 Å². The van der Waals surface area contributed by atoms with Gasteiger partial charge in [-0.05, 0) is 18.2 Å². The van der Waals surface area contributed by atoms with Crippen molar-refractivity contribution in [2.24, 2.45) is 5.10 Å². The van der Waals surface area contributed by atoms with Crippen molar-refractivity contribution in [1.82, 2.24) is 10.4 Å². The lowest BCUT2D eigenvalue weighted by atomic mass is 10.3. The first-order valence-electron chi connectivity index (χ1n) is 6.55. The number of para-hydroxylation sites is 2. The Hall–Kier alpha value is -2.67. The molecule has 0 saturated heterocycles. The number of benzene rings is 1. The predicted octanol–water partition coefficient (Wildman–Crippen LogP) is 1.72. The third-order valence-electron chi connectivity index (χ3n) is 3.09. The molecule has 0 bridgehead atoms. The summed E-state index contributed by atoms with van der Waals surface area (Å²) in [6.45, 7) is 3.78. The predicted molar refractivity (Wildman–Crippen MR) is 83.8 cm³/mol. The van der Waals surface area contributed by atoms with Gasteiger partial charge in [0.25, 0.3) is 5.23 Å². The van der Waals surface area contributed by atoms with E-state index in [0.717, 1.165) is 16.3 Å². The molecule has 0 amide bonds. The van der Waals surface area contributed by atoms with Gasteiger partial charge in [-0.2, -0.15) is 0 Å². The van der Waals surface area contributed by atoms with E-state index >= 15 is 0 Å². The van der Waals surface area contributed by atoms with Crippen LogP contribution in [0, 0.1) is 0 Å². The highest BCUT2D eigenvalue weighted by Gasteiger charge is 2.17. The minimum atomic E-state index is 0.498. The van der Waals surface area contributed by atoms with Crippen LogP contribution in [0.25, 0.3) is 23.6 Å². The molecule has 0 fully saturated rings. The van der Waals surface area contributed by atoms with E-state index in [1.807, 2.05) is 24.3 Å². The van der Waals surface area contributed by atoms with E-state index in [4.69, 9.17) is 13.6 Å². The maximum Gasteiger partial charge on any atom is 0.275 e. The molecule has 3 heterocycles. The highest BCUT2D eigenvalue weighted by molar-refractivity contribution is 8.12. The van der Waals surface area contributed by atoms with Crippen molar-refractivity contribution in [2.45, 2.75) is 5.75 Å². The summed E-state index contributed by atoms with van der Waals surface area (Å²) in [5, 5.41) is 5.36. The summed E-state index contributed by atoms with van der Waals surface area (Å²) in [5.74, 6) is 1.68. The lowest BCUT2D eigenvalue weighted by Crippen LogP contribution is -2.25. The number of hydrogen-bond donors (Lipinski definition) is 1. The van der Waals surface area contributed by atoms with Crippen molar-refractivity contribution in [2.75, 3.05) is 0 Å². The van der Waals surface area contributed by atoms with Gasteiger partial charge >= 0.3 is 0 Å². The van der Waals surface area contributed by atoms with Gasteiger partial charge in [0.2, 0.25) is 11.8 Å². The Morgan fingerprint density at radius 3 is 2.95 bits per heavy atom. The smallest absolute Gasteiger partial charge is 0.275 e. The number of nitrogens with one attached hydrogen (secondary N) is 1. The number of oxazole rings is 1. The molecule has 7 heteroatoms. The fraction of sp³-hybridized carbons (Fsp3) is 0.0667. The number of nitrogens with zero attached hydrogens (tertiary/aromatic N) is 2. The minimum Gasteiger partial charge on any atom is -0.465 e. The van der Waals surface area contributed by atoms with Crippen molar-refractivity contribution in [3.63, 3.8) is 0 Å². The van der Waals surface area contributed by atoms with Crippen molar-refractivity contribution in [3.8, 4) is 0 Å². The number of rotatable bonds is 2. The van der Waals surface area contributed by atoms with Crippen LogP contribution in [-0.2, 0) is 10.5 Å². The summed E-state index contributed by atoms with van der Waals surface area (Å²) in [4.78, 5) is 4.41. The van der Waals surface area contributed by atoms with Gasteiger partial charge < -0.3 is 13.6 Å². The summed E-state index contributed by atoms with van der Waals surface area (Å²) in [5.41, 5.74) is 4.97. The standard InChI is InChI=1S/C15H11N3O3S/c1-9-10(6-7-19-9)14-17-18-15(21-14)22-8-13-16-11-4-2-3-5-12(11)20-13/h2-7,17H,1,8H2. The Morgan fingerprint density at radius 2 is 2.14 bits per heavy atom. The number of ether oxygens (including phenoxy) is 1. The number of thioether (sulfide) groups is 1. The first kappa shape index (κ1) is 13.0. The molecule has 1 N–H and O–H groups in total. The molecule has 0 radical (unpaired) electrons. The summed E-state index contributed by atoms with van der Waals surface area (Å²) in [6, 6.07) is 9.43. The summed E-state index contributed by atoms with van der Waals surface area (Å²) >= 11 is 1.40. The van der Waals surface area contributed by atoms with Crippen molar-refractivity contribution >= 4 is 40.6 Å². The topological polar surface area (TPSA) is 72.8 Å². The number of hydrazone groups is 1. The molecule has 0 unspecified atom stereocenters. The lowest BCUT2D eigenvalue weighted by molar-refractivity contribution is 0.503. The van der Waals surface area contributed by atoms with Gasteiger partial charge in [-0.3, -0.25) is 0 Å². The zero-order valence-electron chi connectivity index (χ0n) is 11.4. The van der Waals surface area contributed by atoms with Gasteiger partial charge in [0.15, 0.2) is 5.58 Å². The van der Waals surface area contributed by atoms with Gasteiger partial charge in [-0.25, -0.2) is 10.4 Å². The van der Waals surface area contributed by atoms with Crippen molar-refractivity contribution < 1.29 is 13.6 Å². The Morgan fingerprint density at radius 1 is 1.23 bits per heavy atom. The number of hydrogen-bond acceptors (Lipinski definition) is 7. The zero-order valence-corrected chi connectivity index (χ0v) is 12.2. The molecule has 0 atom stereocenters. The second-order valence-corrected chi connectivity index (χ2v) is 5.47. The van der Waals surface area contributed by atoms with Crippen LogP contribution in [0.4, 0.5) is 0 Å². The lowest BCUT2D eigenvalue weighted by Gasteiger charge is -1.98. The largest absolute Gasteiger partial charge is 0.465 e. The molecule has 1 aliphatic rings. The van der Waals surface area contributed by atoms with E-state index in [1.54, 1.807) is 12.3 Å². The van der Waals surface area contributed by atoms with E-state index < -0.39 is 0 Å². The highest BCUT2D eigenvalue weighted by Crippen LogP contribution is 2.21. The summed E-state index contributed by atoms with van der Waals surface area (Å²) < 4.78 is 16.4. The number of fused-ring (bicyclic) bond motifs is 1. The van der Waals surface area contributed by atoms with Gasteiger partial charge in [0, 0.05) is 0 Å². The summed E-state index contributed by atoms with van der Waals surface area (Å²) in [6.07, 6.45) is 1.55. The average Bonchev–Trinajstić information content (AvgIpc) is 3.23. The minimum absolute atomic E-state index is 0.498. The van der Waals surface area contributed by atoms with Gasteiger partial charge in [0.05, 0.1) is 17.2 Å². The fourth-order valence-electron chi connectivity index (χ4n) is 2.05. The van der Waals surface area contributed by atoms with Crippen LogP contribution in [-0.4, -0.2) is 10.2 Å². The molecule has 0 aliphatic carbocycles. The molecular weight excluding hydrogens is 302 g/mol. The molecule has 2 aromatic heterocycles. The molecule has 0 spiro atoms. The first-order chi connectivity index (χ1) is 10.8. The Bertz CT molecular complexity index is 940. The number of aromatic nitrogens is 1. The van der Waals surface area contributed by atoms with Crippen LogP contribution < -0.4 is 16.1 Å². The van der Waals surface area contributed by atoms with Crippen LogP contribution in [0.2, 0.25) is 0 Å². The maximum absolute atomic E-state index is 5.65. The first-order valence-corrected chi connectivity index (χ1v) is 7.54. The van der Waals surface area contributed by atoms with E-state index in [2.05, 4.69) is 22.1 Å². The van der Waals surface area contributed by atoms with Crippen LogP contribution in [0.5, 0.6) is 0 Å². The third kappa shape index (κ3) is 2.35. The average molecular weight is 313 g/mol. The maximum atomic E-state index is 5.65. The van der Waals surface area contributed by atoms with Gasteiger partial charge in [-0.15, -0.1) is 5.10 Å². The normalized spacial score (nSPS) is 16.5. The molecule has 0 saturated carbocycles. The van der Waals surface area contributed by atoms with Gasteiger partial charge in [-0.1, -0.05) is 30.5 Å². The fourth-order valence-corrected chi connectivity index (χ4v) is 2.68. The highest BCUT2D eigenvalue weighted by atomic mass is 32.2. The van der Waals surface area contributed by atoms with Gasteiger partial charge in [0.1, 0.15) is 10.9 Å². The molecule has 4 rings (SSSR count). The van der Waals surface area contributed by atoms with Crippen LogP contribution >= 0.6 is 11.8 Å². The molecule has 22 heavy (non-hydrogen) atoms. The van der Waals surface area contributed by atoms with Crippen molar-refractivity contribution in [3.05, 3.63) is 53.1 Å². The van der Waals surface area contributed by atoms with E-state index in [-0.39, 0.29) is 0 Å². The van der Waals surface area contributed by atoms with Crippen LogP contribution in [0.1, 0.15) is 5.89 Å². The molecular formula is C15H11N3O3S. The SMILES string of the molecule is C=c1occc1=C1NN=C(SCc2nc3ccccc3o2)O1. The molecule has 6 nitrogen and oxygen atoms in total. The van der Waals surface area contributed by atoms with Crippen molar-refractivity contribution in [1.29, 1.82) is 0 Å². The molecule has 110 valence electrons. The third-order valence-corrected chi connectivity index (χ3v) is 3.90. The Balaban J connectivity index is 1.47. The second kappa shape index (κ2) is 5.27. The second-order valence-electron chi connectivity index (χ2n) is 4.54. The van der Waals surface area contributed by atoms with E-state index in [1.165, 1.54) is 11.8 Å². The zero-order chi connectivity index (χ0) is 14.9. The van der Waals surface area contributed by atoms with Crippen LogP contribution in [0.15, 0.2) is 50.5 Å². The monoisotopic (exact) mass is 313 g/mol. The molecule has 3 aromatic rings.